The lowest BCUT2D eigenvalue weighted by Crippen LogP contribution is -2.56. The largest absolute Gasteiger partial charge is 0.496 e. The van der Waals surface area contributed by atoms with Crippen molar-refractivity contribution in [3.63, 3.8) is 0 Å². The first kappa shape index (κ1) is 37.9. The fraction of sp³-hybridized carbons (Fsp3) is 0.615. The van der Waals surface area contributed by atoms with Crippen LogP contribution in [-0.2, 0) is 23.9 Å². The Hall–Kier alpha value is -4.35. The summed E-state index contributed by atoms with van der Waals surface area (Å²) in [6.45, 7) is 13.4. The van der Waals surface area contributed by atoms with Crippen LogP contribution in [0.1, 0.15) is 104 Å². The van der Waals surface area contributed by atoms with Crippen molar-refractivity contribution in [1.29, 1.82) is 0 Å². The number of amides is 3. The van der Waals surface area contributed by atoms with E-state index in [1.807, 2.05) is 37.3 Å². The molecule has 2 fully saturated rings. The molecule has 3 heterocycles. The smallest absolute Gasteiger partial charge is 0.408 e. The first-order chi connectivity index (χ1) is 24.2. The number of hydrogen-bond donors (Lipinski definition) is 2. The number of pyridine rings is 1. The summed E-state index contributed by atoms with van der Waals surface area (Å²) < 4.78 is 23.2. The molecule has 1 saturated carbocycles. The molecule has 0 spiro atoms. The van der Waals surface area contributed by atoms with Crippen LogP contribution in [0.5, 0.6) is 11.5 Å². The van der Waals surface area contributed by atoms with Gasteiger partial charge in [0.05, 0.1) is 25.8 Å². The molecule has 2 aliphatic heterocycles. The van der Waals surface area contributed by atoms with Gasteiger partial charge in [-0.15, -0.1) is 0 Å². The van der Waals surface area contributed by atoms with Gasteiger partial charge in [0.25, 0.3) is 0 Å². The van der Waals surface area contributed by atoms with Crippen molar-refractivity contribution in [2.75, 3.05) is 20.3 Å². The predicted molar refractivity (Wildman–Crippen MR) is 193 cm³/mol. The molecule has 1 aromatic carbocycles. The monoisotopic (exact) mass is 706 g/mol. The van der Waals surface area contributed by atoms with Crippen molar-refractivity contribution in [3.8, 4) is 11.5 Å². The summed E-state index contributed by atoms with van der Waals surface area (Å²) in [6.07, 6.45) is 6.92. The number of methoxy groups -OCH3 is 1. The first-order valence-electron chi connectivity index (χ1n) is 18.3. The number of hydrogen-bond acceptors (Lipinski definition) is 9. The zero-order valence-electron chi connectivity index (χ0n) is 31.3. The maximum absolute atomic E-state index is 14.5. The Labute approximate surface area is 301 Å². The molecule has 1 saturated heterocycles. The minimum absolute atomic E-state index is 0.0924. The maximum atomic E-state index is 14.5. The third kappa shape index (κ3) is 8.59. The summed E-state index contributed by atoms with van der Waals surface area (Å²) in [6, 6.07) is 3.81. The molecule has 2 N–H and O–H groups in total. The van der Waals surface area contributed by atoms with E-state index >= 15 is 0 Å². The second kappa shape index (κ2) is 15.5. The molecule has 12 heteroatoms. The second-order valence-electron chi connectivity index (χ2n) is 15.2. The summed E-state index contributed by atoms with van der Waals surface area (Å²) in [4.78, 5) is 61.5. The average Bonchev–Trinajstić information content (AvgIpc) is 3.59. The van der Waals surface area contributed by atoms with Gasteiger partial charge in [0.1, 0.15) is 40.8 Å². The van der Waals surface area contributed by atoms with E-state index in [9.17, 15) is 19.2 Å². The van der Waals surface area contributed by atoms with Gasteiger partial charge in [-0.05, 0) is 78.4 Å². The Morgan fingerprint density at radius 1 is 1.14 bits per heavy atom. The van der Waals surface area contributed by atoms with Crippen LogP contribution in [0.2, 0.25) is 0 Å². The first-order valence-corrected chi connectivity index (χ1v) is 18.3. The third-order valence-electron chi connectivity index (χ3n) is 9.84. The number of allylic oxidation sites excluding steroid dienone is 1. The quantitative estimate of drug-likeness (QED) is 0.267. The van der Waals surface area contributed by atoms with Gasteiger partial charge in [-0.1, -0.05) is 38.8 Å². The van der Waals surface area contributed by atoms with Crippen LogP contribution in [-0.4, -0.2) is 83.3 Å². The normalized spacial score (nSPS) is 25.6. The van der Waals surface area contributed by atoms with E-state index < -0.39 is 53.2 Å². The maximum Gasteiger partial charge on any atom is 0.408 e. The van der Waals surface area contributed by atoms with E-state index in [0.717, 1.165) is 41.4 Å². The number of alkyl carbamates (subject to hydrolysis) is 1. The highest BCUT2D eigenvalue weighted by Gasteiger charge is 2.62. The van der Waals surface area contributed by atoms with Gasteiger partial charge in [-0.2, -0.15) is 0 Å². The van der Waals surface area contributed by atoms with Crippen LogP contribution in [0.15, 0.2) is 30.4 Å². The van der Waals surface area contributed by atoms with Crippen LogP contribution in [0.3, 0.4) is 0 Å². The van der Waals surface area contributed by atoms with Crippen molar-refractivity contribution < 1.29 is 38.1 Å². The molecule has 1 aliphatic carbocycles. The number of benzene rings is 1. The number of carbonyl (C=O) groups excluding carboxylic acids is 4. The summed E-state index contributed by atoms with van der Waals surface area (Å²) in [5.41, 5.74) is 0.505. The predicted octanol–water partition coefficient (Wildman–Crippen LogP) is 5.88. The summed E-state index contributed by atoms with van der Waals surface area (Å²) in [7, 11) is 1.62. The highest BCUT2D eigenvalue weighted by atomic mass is 16.6. The van der Waals surface area contributed by atoms with E-state index in [1.54, 1.807) is 34.8 Å². The lowest BCUT2D eigenvalue weighted by Gasteiger charge is -2.30. The Morgan fingerprint density at radius 2 is 1.90 bits per heavy atom. The average molecular weight is 707 g/mol. The third-order valence-corrected chi connectivity index (χ3v) is 9.84. The van der Waals surface area contributed by atoms with E-state index in [0.29, 0.717) is 30.8 Å². The number of aryl methyl sites for hydroxylation is 1. The van der Waals surface area contributed by atoms with Gasteiger partial charge in [0.2, 0.25) is 11.8 Å². The van der Waals surface area contributed by atoms with Crippen molar-refractivity contribution in [1.82, 2.24) is 20.5 Å². The molecule has 12 nitrogen and oxygen atoms in total. The van der Waals surface area contributed by atoms with Crippen LogP contribution >= 0.6 is 0 Å². The molecule has 1 aromatic heterocycles. The molecular formula is C39H54N4O8. The number of nitrogens with zero attached hydrogens (tertiary/aromatic N) is 2. The highest BCUT2D eigenvalue weighted by Crippen LogP contribution is 2.46. The number of fused-ring (bicyclic) bond motifs is 3. The molecule has 278 valence electrons. The van der Waals surface area contributed by atoms with Crippen molar-refractivity contribution in [3.05, 3.63) is 41.6 Å². The Bertz CT molecular complexity index is 1670. The SMILES string of the molecule is CCOC(=O)C12CC1C=CCCCCCC(NC(=O)OC(C)(C)C)C(=O)N1CC(Oc3cc(C(C)C)nc4c(C)c(OC)ccc34)CC1C(=O)N2. The summed E-state index contributed by atoms with van der Waals surface area (Å²) >= 11 is 0. The number of nitrogens with one attached hydrogen (secondary N) is 2. The Balaban J connectivity index is 1.51. The van der Waals surface area contributed by atoms with Gasteiger partial charge in [0, 0.05) is 35.0 Å². The molecule has 51 heavy (non-hydrogen) atoms. The molecule has 0 bridgehead atoms. The molecule has 0 radical (unpaired) electrons. The molecule has 5 rings (SSSR count). The minimum atomic E-state index is -1.20. The van der Waals surface area contributed by atoms with Crippen molar-refractivity contribution in [2.24, 2.45) is 5.92 Å². The van der Waals surface area contributed by atoms with E-state index in [4.69, 9.17) is 23.9 Å². The zero-order chi connectivity index (χ0) is 37.1. The van der Waals surface area contributed by atoms with E-state index in [1.165, 1.54) is 4.90 Å². The number of ether oxygens (including phenoxy) is 4. The van der Waals surface area contributed by atoms with Crippen LogP contribution < -0.4 is 20.1 Å². The van der Waals surface area contributed by atoms with Gasteiger partial charge in [0.15, 0.2) is 0 Å². The van der Waals surface area contributed by atoms with Gasteiger partial charge >= 0.3 is 12.1 Å². The number of rotatable bonds is 7. The van der Waals surface area contributed by atoms with Crippen LogP contribution in [0.25, 0.3) is 10.9 Å². The molecule has 5 atom stereocenters. The molecule has 3 aliphatic rings. The second-order valence-corrected chi connectivity index (χ2v) is 15.2. The van der Waals surface area contributed by atoms with Crippen LogP contribution in [0.4, 0.5) is 4.79 Å². The van der Waals surface area contributed by atoms with Gasteiger partial charge in [-0.25, -0.2) is 9.59 Å². The van der Waals surface area contributed by atoms with Crippen molar-refractivity contribution >= 4 is 34.8 Å². The van der Waals surface area contributed by atoms with Gasteiger partial charge < -0.3 is 34.5 Å². The fourth-order valence-corrected chi connectivity index (χ4v) is 7.03. The lowest BCUT2D eigenvalue weighted by atomic mass is 10.0. The minimum Gasteiger partial charge on any atom is -0.496 e. The Morgan fingerprint density at radius 3 is 2.59 bits per heavy atom. The fourth-order valence-electron chi connectivity index (χ4n) is 7.03. The highest BCUT2D eigenvalue weighted by molar-refractivity contribution is 5.97. The van der Waals surface area contributed by atoms with E-state index in [2.05, 4.69) is 24.5 Å². The number of carbonyl (C=O) groups is 4. The lowest BCUT2D eigenvalue weighted by molar-refractivity contribution is -0.150. The number of esters is 1. The molecule has 5 unspecified atom stereocenters. The topological polar surface area (TPSA) is 145 Å². The molecule has 3 amide bonds. The van der Waals surface area contributed by atoms with E-state index in [-0.39, 0.29) is 31.4 Å². The van der Waals surface area contributed by atoms with Gasteiger partial charge in [-0.3, -0.25) is 14.6 Å². The standard InChI is InChI=1S/C39H54N4O8/c1-9-49-36(46)39-21-25(39)15-13-11-10-12-14-16-28(41-37(47)51-38(5,6)7)35(45)43-22-26(19-30(43)34(44)42-39)50-32-20-29(23(2)3)40-33-24(4)31(48-8)18-17-27(32)33/h13,15,17-18,20,23,25-26,28,30H,9-12,14,16,19,21-22H2,1-8H3,(H,41,47)(H,42,44). The molecular weight excluding hydrogens is 652 g/mol. The zero-order valence-corrected chi connectivity index (χ0v) is 31.3. The van der Waals surface area contributed by atoms with Crippen LogP contribution in [0, 0.1) is 12.8 Å². The number of aromatic nitrogens is 1. The Kier molecular flexibility index (Phi) is 11.5. The summed E-state index contributed by atoms with van der Waals surface area (Å²) in [5, 5.41) is 6.59. The molecule has 2 aromatic rings. The van der Waals surface area contributed by atoms with Crippen molar-refractivity contribution in [2.45, 2.75) is 129 Å². The summed E-state index contributed by atoms with van der Waals surface area (Å²) in [5.74, 6) is -0.151.